The third kappa shape index (κ3) is 8.69. The van der Waals surface area contributed by atoms with E-state index in [0.29, 0.717) is 6.42 Å². The number of carbonyl (C=O) groups is 2. The molecule has 1 heterocycles. The van der Waals surface area contributed by atoms with Crippen LogP contribution in [-0.2, 0) is 33.4 Å². The molecule has 1 aliphatic heterocycles. The summed E-state index contributed by atoms with van der Waals surface area (Å²) in [6.45, 7) is 8.84. The molecular formula is C28H36ClNO7S2. The van der Waals surface area contributed by atoms with Crippen molar-refractivity contribution in [2.24, 2.45) is 11.8 Å². The van der Waals surface area contributed by atoms with Crippen molar-refractivity contribution < 1.29 is 31.7 Å². The first-order chi connectivity index (χ1) is 18.3. The Balaban J connectivity index is 1.86. The molecule has 0 radical (unpaired) electrons. The number of carbonyl (C=O) groups excluding carboxylic acids is 2. The van der Waals surface area contributed by atoms with Gasteiger partial charge in [0, 0.05) is 18.2 Å². The molecule has 2 aromatic carbocycles. The fourth-order valence-corrected chi connectivity index (χ4v) is 6.78. The first-order valence-electron chi connectivity index (χ1n) is 12.7. The zero-order valence-corrected chi connectivity index (χ0v) is 25.1. The number of esters is 1. The van der Waals surface area contributed by atoms with Crippen LogP contribution in [0.25, 0.3) is 0 Å². The van der Waals surface area contributed by atoms with Crippen LogP contribution in [0.15, 0.2) is 64.4 Å². The van der Waals surface area contributed by atoms with Gasteiger partial charge >= 0.3 is 5.97 Å². The summed E-state index contributed by atoms with van der Waals surface area (Å²) in [4.78, 5) is 24.7. The first-order valence-corrected chi connectivity index (χ1v) is 15.5. The van der Waals surface area contributed by atoms with Gasteiger partial charge in [0.1, 0.15) is 16.9 Å². The number of rotatable bonds is 11. The number of ether oxygens (including phenoxy) is 2. The van der Waals surface area contributed by atoms with Crippen molar-refractivity contribution in [1.82, 2.24) is 5.32 Å². The van der Waals surface area contributed by atoms with Gasteiger partial charge in [0.2, 0.25) is 5.91 Å². The minimum absolute atomic E-state index is 0.0814. The van der Waals surface area contributed by atoms with Gasteiger partial charge in [-0.05, 0) is 49.9 Å². The number of halogens is 1. The van der Waals surface area contributed by atoms with Crippen molar-refractivity contribution in [3.8, 4) is 0 Å². The number of aryl methyl sites for hydroxylation is 1. The van der Waals surface area contributed by atoms with E-state index in [9.17, 15) is 18.0 Å². The summed E-state index contributed by atoms with van der Waals surface area (Å²) in [7, 11) is -3.96. The lowest BCUT2D eigenvalue weighted by Gasteiger charge is -2.49. The third-order valence-electron chi connectivity index (χ3n) is 6.76. The summed E-state index contributed by atoms with van der Waals surface area (Å²) >= 11 is 7.23. The molecule has 1 aliphatic rings. The SMILES string of the molecule is CC(=O)N[C@H]1C([C@H](C)[C@H](C)COS(=O)(=O)c2ccc(C)cc2)O[C@@](C)(Sc2ccccc2)C[C@H]1OC(=O)CCl. The van der Waals surface area contributed by atoms with E-state index in [1.165, 1.54) is 30.8 Å². The molecule has 39 heavy (non-hydrogen) atoms. The Kier molecular flexibility index (Phi) is 10.9. The fraction of sp³-hybridized carbons (Fsp3) is 0.500. The van der Waals surface area contributed by atoms with Gasteiger partial charge in [-0.3, -0.25) is 13.8 Å². The predicted molar refractivity (Wildman–Crippen MR) is 151 cm³/mol. The zero-order valence-electron chi connectivity index (χ0n) is 22.8. The van der Waals surface area contributed by atoms with Crippen LogP contribution < -0.4 is 5.32 Å². The summed E-state index contributed by atoms with van der Waals surface area (Å²) in [5, 5.41) is 2.90. The van der Waals surface area contributed by atoms with Crippen molar-refractivity contribution in [3.63, 3.8) is 0 Å². The van der Waals surface area contributed by atoms with E-state index < -0.39 is 39.3 Å². The van der Waals surface area contributed by atoms with Gasteiger partial charge in [-0.2, -0.15) is 8.42 Å². The molecule has 11 heteroatoms. The summed E-state index contributed by atoms with van der Waals surface area (Å²) in [5.41, 5.74) is 0.940. The summed E-state index contributed by atoms with van der Waals surface area (Å²) in [6.07, 6.45) is -1.04. The molecule has 1 unspecified atom stereocenters. The highest BCUT2D eigenvalue weighted by Crippen LogP contribution is 2.45. The molecule has 3 rings (SSSR count). The molecule has 8 nitrogen and oxygen atoms in total. The van der Waals surface area contributed by atoms with Crippen molar-refractivity contribution in [1.29, 1.82) is 0 Å². The number of hydrogen-bond donors (Lipinski definition) is 1. The second-order valence-electron chi connectivity index (χ2n) is 10.1. The minimum atomic E-state index is -3.96. The van der Waals surface area contributed by atoms with Crippen LogP contribution in [-0.4, -0.2) is 56.0 Å². The largest absolute Gasteiger partial charge is 0.459 e. The maximum absolute atomic E-state index is 12.8. The Morgan fingerprint density at radius 2 is 1.79 bits per heavy atom. The maximum atomic E-state index is 12.8. The van der Waals surface area contributed by atoms with Crippen LogP contribution in [0.2, 0.25) is 0 Å². The standard InChI is InChI=1S/C28H36ClNO7S2/c1-18-11-13-23(14-12-18)39(33,34)35-17-19(2)20(3)27-26(30-21(4)31)24(36-25(32)16-29)15-28(5,37-27)38-22-9-7-6-8-10-22/h6-14,19-20,24,26-27H,15-17H2,1-5H3,(H,30,31)/t19-,20-,24-,26-,27?,28+/m1/s1. The molecule has 2 aromatic rings. The smallest absolute Gasteiger partial charge is 0.321 e. The molecule has 1 N–H and O–H groups in total. The molecule has 0 aromatic heterocycles. The number of thioether (sulfide) groups is 1. The summed E-state index contributed by atoms with van der Waals surface area (Å²) < 4.78 is 43.4. The monoisotopic (exact) mass is 597 g/mol. The second kappa shape index (κ2) is 13.5. The van der Waals surface area contributed by atoms with Gasteiger partial charge < -0.3 is 14.8 Å². The van der Waals surface area contributed by atoms with Gasteiger partial charge in [0.05, 0.1) is 23.6 Å². The van der Waals surface area contributed by atoms with Crippen LogP contribution in [0.1, 0.15) is 39.7 Å². The highest BCUT2D eigenvalue weighted by Gasteiger charge is 2.50. The van der Waals surface area contributed by atoms with E-state index >= 15 is 0 Å². The third-order valence-corrected chi connectivity index (χ3v) is 9.48. The van der Waals surface area contributed by atoms with Crippen LogP contribution >= 0.6 is 23.4 Å². The molecule has 1 amide bonds. The van der Waals surface area contributed by atoms with Crippen molar-refractivity contribution >= 4 is 45.4 Å². The van der Waals surface area contributed by atoms with Gasteiger partial charge in [0.15, 0.2) is 0 Å². The lowest BCUT2D eigenvalue weighted by molar-refractivity contribution is -0.180. The van der Waals surface area contributed by atoms with Crippen molar-refractivity contribution in [2.75, 3.05) is 12.5 Å². The highest BCUT2D eigenvalue weighted by atomic mass is 35.5. The molecule has 1 fully saturated rings. The van der Waals surface area contributed by atoms with Gasteiger partial charge in [-0.25, -0.2) is 0 Å². The lowest BCUT2D eigenvalue weighted by Crippen LogP contribution is -2.62. The van der Waals surface area contributed by atoms with Crippen LogP contribution in [0.3, 0.4) is 0 Å². The minimum Gasteiger partial charge on any atom is -0.459 e. The molecule has 0 bridgehead atoms. The van der Waals surface area contributed by atoms with Crippen molar-refractivity contribution in [2.45, 2.75) is 74.0 Å². The Bertz CT molecular complexity index is 1230. The molecule has 0 aliphatic carbocycles. The Hall–Kier alpha value is -2.11. The summed E-state index contributed by atoms with van der Waals surface area (Å²) in [6, 6.07) is 15.5. The van der Waals surface area contributed by atoms with Crippen LogP contribution in [0.5, 0.6) is 0 Å². The lowest BCUT2D eigenvalue weighted by atomic mass is 9.82. The number of amides is 1. The second-order valence-corrected chi connectivity index (χ2v) is 13.5. The Morgan fingerprint density at radius 3 is 2.38 bits per heavy atom. The summed E-state index contributed by atoms with van der Waals surface area (Å²) in [5.74, 6) is -1.84. The van der Waals surface area contributed by atoms with Crippen LogP contribution in [0.4, 0.5) is 0 Å². The maximum Gasteiger partial charge on any atom is 0.321 e. The van der Waals surface area contributed by atoms with Crippen molar-refractivity contribution in [3.05, 3.63) is 60.2 Å². The Labute approximate surface area is 240 Å². The van der Waals surface area contributed by atoms with Crippen LogP contribution in [0, 0.1) is 18.8 Å². The molecule has 214 valence electrons. The van der Waals surface area contributed by atoms with E-state index in [1.807, 2.05) is 58.0 Å². The van der Waals surface area contributed by atoms with E-state index in [4.69, 9.17) is 25.3 Å². The average molecular weight is 598 g/mol. The number of hydrogen-bond acceptors (Lipinski definition) is 8. The normalized spacial score (nSPS) is 24.9. The molecule has 0 saturated carbocycles. The molecule has 1 saturated heterocycles. The van der Waals surface area contributed by atoms with E-state index in [0.717, 1.165) is 10.5 Å². The average Bonchev–Trinajstić information content (AvgIpc) is 2.88. The predicted octanol–water partition coefficient (Wildman–Crippen LogP) is 4.93. The van der Waals surface area contributed by atoms with Gasteiger partial charge in [-0.1, -0.05) is 61.5 Å². The number of benzene rings is 2. The van der Waals surface area contributed by atoms with E-state index in [2.05, 4.69) is 5.32 Å². The first kappa shape index (κ1) is 31.4. The van der Waals surface area contributed by atoms with Gasteiger partial charge in [0.25, 0.3) is 10.1 Å². The Morgan fingerprint density at radius 1 is 1.15 bits per heavy atom. The zero-order chi connectivity index (χ0) is 28.8. The molecular weight excluding hydrogens is 562 g/mol. The number of nitrogens with one attached hydrogen (secondary N) is 1. The quantitative estimate of drug-likeness (QED) is 0.221. The van der Waals surface area contributed by atoms with E-state index in [-0.39, 0.29) is 35.1 Å². The highest BCUT2D eigenvalue weighted by molar-refractivity contribution is 8.00. The molecule has 6 atom stereocenters. The fourth-order valence-electron chi connectivity index (χ4n) is 4.52. The number of alkyl halides is 1. The van der Waals surface area contributed by atoms with E-state index in [1.54, 1.807) is 12.1 Å². The van der Waals surface area contributed by atoms with Gasteiger partial charge in [-0.15, -0.1) is 11.6 Å². The molecule has 0 spiro atoms. The topological polar surface area (TPSA) is 108 Å².